The lowest BCUT2D eigenvalue weighted by Gasteiger charge is -2.33. The molecule has 1 saturated heterocycles. The number of halogens is 2. The summed E-state index contributed by atoms with van der Waals surface area (Å²) >= 11 is 12.3. The molecule has 0 saturated carbocycles. The standard InChI is InChI=1S/C27H23Cl2N7O5/c28-18-3-1-2-15(10-18)13-30-23(37)16-4-5-20(29)21(12-16)32-24(38)19-11-17-14-31-26(34-22(17)33-25(19)39)35-6-8-36(9-7-35)27(40)41/h1-5,10-12,14H,6-9,13H2,(H,30,37)(H,32,38)(H,40,41)(H,31,33,34,39). The number of rotatable bonds is 6. The fourth-order valence-corrected chi connectivity index (χ4v) is 4.66. The highest BCUT2D eigenvalue weighted by molar-refractivity contribution is 6.34. The van der Waals surface area contributed by atoms with E-state index in [9.17, 15) is 19.2 Å². The molecule has 0 bridgehead atoms. The number of pyridine rings is 1. The van der Waals surface area contributed by atoms with E-state index >= 15 is 0 Å². The molecule has 1 aliphatic rings. The number of fused-ring (bicyclic) bond motifs is 1. The third-order valence-electron chi connectivity index (χ3n) is 6.48. The number of piperazine rings is 1. The number of amides is 3. The summed E-state index contributed by atoms with van der Waals surface area (Å²) in [4.78, 5) is 64.2. The second-order valence-electron chi connectivity index (χ2n) is 9.20. The van der Waals surface area contributed by atoms with E-state index in [0.717, 1.165) is 5.56 Å². The minimum atomic E-state index is -0.982. The zero-order chi connectivity index (χ0) is 29.1. The minimum Gasteiger partial charge on any atom is -0.465 e. The molecule has 5 rings (SSSR count). The molecule has 41 heavy (non-hydrogen) atoms. The molecule has 12 nitrogen and oxygen atoms in total. The molecule has 0 atom stereocenters. The molecule has 3 heterocycles. The number of aromatic nitrogens is 3. The predicted octanol–water partition coefficient (Wildman–Crippen LogP) is 3.61. The molecule has 4 aromatic rings. The van der Waals surface area contributed by atoms with Crippen LogP contribution in [0.15, 0.2) is 59.5 Å². The molecular formula is C27H23Cl2N7O5. The SMILES string of the molecule is O=C(NCc1cccc(Cl)c1)c1ccc(Cl)c(NC(=O)c2cc3cnc(N4CCN(C(=O)O)CC4)nc3[nH]c2=O)c1. The highest BCUT2D eigenvalue weighted by Crippen LogP contribution is 2.24. The molecule has 2 aromatic carbocycles. The Bertz CT molecular complexity index is 1720. The molecule has 2 aromatic heterocycles. The van der Waals surface area contributed by atoms with Crippen molar-refractivity contribution in [3.8, 4) is 0 Å². The Morgan fingerprint density at radius 1 is 1.00 bits per heavy atom. The van der Waals surface area contributed by atoms with Crippen molar-refractivity contribution in [2.24, 2.45) is 0 Å². The van der Waals surface area contributed by atoms with Crippen LogP contribution in [0.2, 0.25) is 10.0 Å². The van der Waals surface area contributed by atoms with Gasteiger partial charge in [-0.2, -0.15) is 4.98 Å². The molecule has 1 fully saturated rings. The number of carboxylic acid groups (broad SMARTS) is 1. The number of benzene rings is 2. The average molecular weight is 596 g/mol. The van der Waals surface area contributed by atoms with E-state index in [2.05, 4.69) is 25.6 Å². The Morgan fingerprint density at radius 2 is 1.78 bits per heavy atom. The van der Waals surface area contributed by atoms with Crippen LogP contribution in [-0.2, 0) is 6.54 Å². The lowest BCUT2D eigenvalue weighted by molar-refractivity contribution is 0.0949. The van der Waals surface area contributed by atoms with Crippen LogP contribution in [0.5, 0.6) is 0 Å². The zero-order valence-corrected chi connectivity index (χ0v) is 22.9. The summed E-state index contributed by atoms with van der Waals surface area (Å²) in [7, 11) is 0. The summed E-state index contributed by atoms with van der Waals surface area (Å²) in [5.41, 5.74) is 0.579. The number of nitrogens with zero attached hydrogens (tertiary/aromatic N) is 4. The molecule has 0 aliphatic carbocycles. The topological polar surface area (TPSA) is 161 Å². The van der Waals surface area contributed by atoms with Gasteiger partial charge in [0, 0.05) is 54.9 Å². The Morgan fingerprint density at radius 3 is 2.51 bits per heavy atom. The zero-order valence-electron chi connectivity index (χ0n) is 21.4. The van der Waals surface area contributed by atoms with Crippen LogP contribution < -0.4 is 21.1 Å². The van der Waals surface area contributed by atoms with Gasteiger partial charge in [-0.25, -0.2) is 9.78 Å². The van der Waals surface area contributed by atoms with E-state index in [1.807, 2.05) is 11.0 Å². The van der Waals surface area contributed by atoms with Crippen molar-refractivity contribution in [2.75, 3.05) is 36.4 Å². The first-order valence-electron chi connectivity index (χ1n) is 12.4. The molecule has 14 heteroatoms. The summed E-state index contributed by atoms with van der Waals surface area (Å²) in [6.07, 6.45) is 0.496. The monoisotopic (exact) mass is 595 g/mol. The van der Waals surface area contributed by atoms with Gasteiger partial charge >= 0.3 is 6.09 Å². The maximum atomic E-state index is 13.1. The number of aromatic amines is 1. The lowest BCUT2D eigenvalue weighted by atomic mass is 10.1. The fraction of sp³-hybridized carbons (Fsp3) is 0.185. The summed E-state index contributed by atoms with van der Waals surface area (Å²) < 4.78 is 0. The van der Waals surface area contributed by atoms with E-state index in [1.54, 1.807) is 18.2 Å². The maximum Gasteiger partial charge on any atom is 0.407 e. The van der Waals surface area contributed by atoms with Gasteiger partial charge in [-0.1, -0.05) is 35.3 Å². The number of H-pyrrole nitrogens is 1. The Hall–Kier alpha value is -4.68. The van der Waals surface area contributed by atoms with Gasteiger partial charge in [0.15, 0.2) is 0 Å². The molecule has 3 amide bonds. The first-order valence-corrected chi connectivity index (χ1v) is 13.2. The second-order valence-corrected chi connectivity index (χ2v) is 10.0. The highest BCUT2D eigenvalue weighted by atomic mass is 35.5. The number of carbonyl (C=O) groups is 3. The summed E-state index contributed by atoms with van der Waals surface area (Å²) in [5.74, 6) is -0.786. The fourth-order valence-electron chi connectivity index (χ4n) is 4.29. The first kappa shape index (κ1) is 27.9. The number of nitrogens with one attached hydrogen (secondary N) is 3. The van der Waals surface area contributed by atoms with Crippen molar-refractivity contribution in [1.82, 2.24) is 25.2 Å². The van der Waals surface area contributed by atoms with E-state index < -0.39 is 23.5 Å². The van der Waals surface area contributed by atoms with Crippen LogP contribution in [0.25, 0.3) is 11.0 Å². The smallest absolute Gasteiger partial charge is 0.407 e. The van der Waals surface area contributed by atoms with Gasteiger partial charge < -0.3 is 30.5 Å². The van der Waals surface area contributed by atoms with Gasteiger partial charge in [-0.15, -0.1) is 0 Å². The average Bonchev–Trinajstić information content (AvgIpc) is 2.96. The molecular weight excluding hydrogens is 573 g/mol. The lowest BCUT2D eigenvalue weighted by Crippen LogP contribution is -2.48. The van der Waals surface area contributed by atoms with E-state index in [-0.39, 0.29) is 34.0 Å². The van der Waals surface area contributed by atoms with Crippen molar-refractivity contribution < 1.29 is 19.5 Å². The van der Waals surface area contributed by atoms with Crippen LogP contribution in [0.3, 0.4) is 0 Å². The third kappa shape index (κ3) is 6.39. The maximum absolute atomic E-state index is 13.1. The van der Waals surface area contributed by atoms with E-state index in [0.29, 0.717) is 42.5 Å². The second kappa shape index (κ2) is 11.8. The Kier molecular flexibility index (Phi) is 8.04. The van der Waals surface area contributed by atoms with Gasteiger partial charge in [0.25, 0.3) is 17.4 Å². The van der Waals surface area contributed by atoms with Crippen LogP contribution >= 0.6 is 23.2 Å². The number of carbonyl (C=O) groups excluding carboxylic acids is 2. The minimum absolute atomic E-state index is 0.152. The molecule has 0 unspecified atom stereocenters. The Balaban J connectivity index is 1.29. The summed E-state index contributed by atoms with van der Waals surface area (Å²) in [6, 6.07) is 12.9. The van der Waals surface area contributed by atoms with Gasteiger partial charge in [-0.3, -0.25) is 14.4 Å². The van der Waals surface area contributed by atoms with Crippen LogP contribution in [0.1, 0.15) is 26.3 Å². The molecule has 210 valence electrons. The number of hydrogen-bond acceptors (Lipinski definition) is 7. The molecule has 4 N–H and O–H groups in total. The highest BCUT2D eigenvalue weighted by Gasteiger charge is 2.23. The molecule has 0 spiro atoms. The van der Waals surface area contributed by atoms with Gasteiger partial charge in [0.1, 0.15) is 11.2 Å². The van der Waals surface area contributed by atoms with E-state index in [1.165, 1.54) is 35.4 Å². The van der Waals surface area contributed by atoms with Crippen molar-refractivity contribution in [2.45, 2.75) is 6.54 Å². The predicted molar refractivity (Wildman–Crippen MR) is 154 cm³/mol. The summed E-state index contributed by atoms with van der Waals surface area (Å²) in [5, 5.41) is 15.7. The largest absolute Gasteiger partial charge is 0.465 e. The normalized spacial score (nSPS) is 13.2. The van der Waals surface area contributed by atoms with Crippen LogP contribution in [0.4, 0.5) is 16.4 Å². The van der Waals surface area contributed by atoms with Crippen molar-refractivity contribution in [1.29, 1.82) is 0 Å². The van der Waals surface area contributed by atoms with Crippen LogP contribution in [0, 0.1) is 0 Å². The van der Waals surface area contributed by atoms with Crippen molar-refractivity contribution >= 4 is 63.8 Å². The molecule has 1 aliphatic heterocycles. The molecule has 0 radical (unpaired) electrons. The van der Waals surface area contributed by atoms with Crippen molar-refractivity contribution in [3.05, 3.63) is 91.8 Å². The first-order chi connectivity index (χ1) is 19.7. The third-order valence-corrected chi connectivity index (χ3v) is 7.04. The van der Waals surface area contributed by atoms with Gasteiger partial charge in [0.05, 0.1) is 10.7 Å². The Labute approximate surface area is 242 Å². The van der Waals surface area contributed by atoms with Gasteiger partial charge in [0.2, 0.25) is 5.95 Å². The van der Waals surface area contributed by atoms with Crippen molar-refractivity contribution in [3.63, 3.8) is 0 Å². The summed E-state index contributed by atoms with van der Waals surface area (Å²) in [6.45, 7) is 1.67. The van der Waals surface area contributed by atoms with Crippen LogP contribution in [-0.4, -0.2) is 69.0 Å². The van der Waals surface area contributed by atoms with Gasteiger partial charge in [-0.05, 0) is 42.0 Å². The number of hydrogen-bond donors (Lipinski definition) is 4. The number of anilines is 2. The van der Waals surface area contributed by atoms with E-state index in [4.69, 9.17) is 28.3 Å². The quantitative estimate of drug-likeness (QED) is 0.263.